The molecule has 0 aliphatic heterocycles. The summed E-state index contributed by atoms with van der Waals surface area (Å²) in [6.07, 6.45) is 1.38. The fourth-order valence-electron chi connectivity index (χ4n) is 3.64. The van der Waals surface area contributed by atoms with E-state index in [1.54, 1.807) is 0 Å². The molecule has 1 amide bonds. The Morgan fingerprint density at radius 1 is 1.09 bits per heavy atom. The van der Waals surface area contributed by atoms with E-state index in [1.807, 2.05) is 20.8 Å². The fourth-order valence-corrected chi connectivity index (χ4v) is 6.36. The van der Waals surface area contributed by atoms with Gasteiger partial charge in [0, 0.05) is 37.9 Å². The topological polar surface area (TPSA) is 81.0 Å². The number of benzene rings is 2. The Morgan fingerprint density at radius 2 is 1.74 bits per heavy atom. The molecule has 0 saturated heterocycles. The number of carbonyl (C=O) groups is 1. The van der Waals surface area contributed by atoms with E-state index in [4.69, 9.17) is 4.74 Å². The number of rotatable bonds is 11. The molecular formula is C24H29F2N3O4S2. The largest absolute Gasteiger partial charge is 0.380 e. The monoisotopic (exact) mass is 525 g/mol. The molecule has 0 radical (unpaired) electrons. The Morgan fingerprint density at radius 3 is 2.34 bits per heavy atom. The van der Waals surface area contributed by atoms with Crippen LogP contribution in [0.5, 0.6) is 0 Å². The molecule has 0 aliphatic rings. The highest BCUT2D eigenvalue weighted by molar-refractivity contribution is 7.89. The van der Waals surface area contributed by atoms with Gasteiger partial charge < -0.3 is 9.30 Å². The molecule has 0 N–H and O–H groups in total. The van der Waals surface area contributed by atoms with Crippen LogP contribution in [-0.2, 0) is 21.3 Å². The lowest BCUT2D eigenvalue weighted by Gasteiger charge is -2.21. The lowest BCUT2D eigenvalue weighted by molar-refractivity contribution is 0.0996. The zero-order valence-electron chi connectivity index (χ0n) is 20.0. The van der Waals surface area contributed by atoms with Crippen molar-refractivity contribution in [1.29, 1.82) is 0 Å². The third-order valence-corrected chi connectivity index (χ3v) is 8.18. The van der Waals surface area contributed by atoms with E-state index in [1.165, 1.54) is 39.2 Å². The van der Waals surface area contributed by atoms with Gasteiger partial charge in [-0.1, -0.05) is 25.2 Å². The average molecular weight is 526 g/mol. The Balaban J connectivity index is 1.97. The zero-order valence-corrected chi connectivity index (χ0v) is 21.6. The smallest absolute Gasteiger partial charge is 0.279 e. The van der Waals surface area contributed by atoms with Gasteiger partial charge in [0.1, 0.15) is 5.82 Å². The molecule has 1 heterocycles. The number of nitrogens with zero attached hydrogens (tertiary/aromatic N) is 3. The molecule has 3 aromatic rings. The first-order valence-corrected chi connectivity index (χ1v) is 13.7. The molecule has 7 nitrogen and oxygen atoms in total. The van der Waals surface area contributed by atoms with Crippen LogP contribution in [0.2, 0.25) is 0 Å². The van der Waals surface area contributed by atoms with Crippen molar-refractivity contribution in [3.05, 3.63) is 58.4 Å². The van der Waals surface area contributed by atoms with Crippen molar-refractivity contribution < 1.29 is 26.7 Å². The summed E-state index contributed by atoms with van der Waals surface area (Å²) in [6, 6.07) is 7.58. The van der Waals surface area contributed by atoms with Gasteiger partial charge in [0.2, 0.25) is 10.0 Å². The van der Waals surface area contributed by atoms with Crippen LogP contribution >= 0.6 is 11.3 Å². The lowest BCUT2D eigenvalue weighted by Crippen LogP contribution is -2.32. The second-order valence-electron chi connectivity index (χ2n) is 7.81. The predicted molar refractivity (Wildman–Crippen MR) is 132 cm³/mol. The molecule has 35 heavy (non-hydrogen) atoms. The fraction of sp³-hybridized carbons (Fsp3) is 0.417. The molecule has 0 fully saturated rings. The summed E-state index contributed by atoms with van der Waals surface area (Å²) in [5.74, 6) is -2.09. The predicted octanol–water partition coefficient (Wildman–Crippen LogP) is 4.57. The van der Waals surface area contributed by atoms with Crippen LogP contribution in [0.1, 0.15) is 44.0 Å². The summed E-state index contributed by atoms with van der Waals surface area (Å²) in [4.78, 5) is 17.3. The summed E-state index contributed by atoms with van der Waals surface area (Å²) in [5.41, 5.74) is 0.331. The average Bonchev–Trinajstić information content (AvgIpc) is 3.16. The molecule has 0 unspecified atom stereocenters. The van der Waals surface area contributed by atoms with E-state index in [2.05, 4.69) is 4.99 Å². The Labute approximate surface area is 207 Å². The molecule has 2 aromatic carbocycles. The van der Waals surface area contributed by atoms with E-state index >= 15 is 0 Å². The molecule has 0 atom stereocenters. The van der Waals surface area contributed by atoms with Crippen LogP contribution < -0.4 is 4.80 Å². The van der Waals surface area contributed by atoms with Crippen LogP contribution in [0.3, 0.4) is 0 Å². The first-order chi connectivity index (χ1) is 16.7. The summed E-state index contributed by atoms with van der Waals surface area (Å²) in [6.45, 7) is 7.44. The second-order valence-corrected chi connectivity index (χ2v) is 10.8. The summed E-state index contributed by atoms with van der Waals surface area (Å²) in [5, 5.41) is 0. The number of fused-ring (bicyclic) bond motifs is 1. The molecule has 3 rings (SSSR count). The minimum Gasteiger partial charge on any atom is -0.380 e. The normalized spacial score (nSPS) is 12.7. The number of amides is 1. The Hall–Kier alpha value is -2.47. The third-order valence-electron chi connectivity index (χ3n) is 5.24. The molecule has 1 aromatic heterocycles. The van der Waals surface area contributed by atoms with Crippen molar-refractivity contribution >= 4 is 37.5 Å². The molecule has 11 heteroatoms. The van der Waals surface area contributed by atoms with Gasteiger partial charge in [0.25, 0.3) is 5.91 Å². The highest BCUT2D eigenvalue weighted by Gasteiger charge is 2.23. The Bertz CT molecular complexity index is 1340. The van der Waals surface area contributed by atoms with Crippen LogP contribution in [0, 0.1) is 11.6 Å². The third kappa shape index (κ3) is 6.21. The highest BCUT2D eigenvalue weighted by atomic mass is 32.2. The number of ether oxygens (including phenoxy) is 1. The molecule has 0 aliphatic carbocycles. The van der Waals surface area contributed by atoms with Crippen molar-refractivity contribution in [3.8, 4) is 0 Å². The van der Waals surface area contributed by atoms with E-state index in [-0.39, 0.29) is 33.9 Å². The summed E-state index contributed by atoms with van der Waals surface area (Å²) in [7, 11) is -3.67. The number of sulfonamides is 1. The van der Waals surface area contributed by atoms with Crippen LogP contribution in [0.15, 0.2) is 46.3 Å². The van der Waals surface area contributed by atoms with E-state index in [0.717, 1.165) is 17.4 Å². The number of halogens is 2. The number of thiazole rings is 1. The van der Waals surface area contributed by atoms with Gasteiger partial charge in [-0.05, 0) is 50.1 Å². The number of carbonyl (C=O) groups excluding carboxylic acids is 1. The lowest BCUT2D eigenvalue weighted by atomic mass is 10.2. The van der Waals surface area contributed by atoms with Crippen LogP contribution in [-0.4, -0.2) is 49.5 Å². The first-order valence-electron chi connectivity index (χ1n) is 11.5. The molecule has 0 bridgehead atoms. The quantitative estimate of drug-likeness (QED) is 0.344. The van der Waals surface area contributed by atoms with Crippen LogP contribution in [0.4, 0.5) is 8.78 Å². The minimum absolute atomic E-state index is 0.0992. The summed E-state index contributed by atoms with van der Waals surface area (Å²) < 4.78 is 62.8. The molecule has 0 spiro atoms. The van der Waals surface area contributed by atoms with E-state index in [0.29, 0.717) is 37.2 Å². The van der Waals surface area contributed by atoms with Gasteiger partial charge in [0.15, 0.2) is 10.6 Å². The van der Waals surface area contributed by atoms with Crippen molar-refractivity contribution in [2.24, 2.45) is 4.99 Å². The standard InChI is InChI=1S/C24H29F2N3O4S2/c1-4-11-28(12-5-2)35(31,32)19-9-7-17(8-10-19)23(30)27-24-29(13-14-33-6-3)22-20(26)15-18(25)16-21(22)34-24/h7-10,15-16H,4-6,11-14H2,1-3H3. The molecule has 190 valence electrons. The van der Waals surface area contributed by atoms with Gasteiger partial charge in [-0.3, -0.25) is 4.79 Å². The second kappa shape index (κ2) is 12.0. The highest BCUT2D eigenvalue weighted by Crippen LogP contribution is 2.23. The van der Waals surface area contributed by atoms with Crippen LogP contribution in [0.25, 0.3) is 10.2 Å². The van der Waals surface area contributed by atoms with Gasteiger partial charge in [-0.15, -0.1) is 0 Å². The SMILES string of the molecule is CCCN(CCC)S(=O)(=O)c1ccc(C(=O)N=c2sc3cc(F)cc(F)c3n2CCOCC)cc1. The van der Waals surface area contributed by atoms with E-state index in [9.17, 15) is 22.0 Å². The zero-order chi connectivity index (χ0) is 25.6. The maximum absolute atomic E-state index is 14.5. The van der Waals surface area contributed by atoms with E-state index < -0.39 is 27.6 Å². The van der Waals surface area contributed by atoms with Crippen molar-refractivity contribution in [2.45, 2.75) is 45.1 Å². The van der Waals surface area contributed by atoms with Gasteiger partial charge >= 0.3 is 0 Å². The maximum Gasteiger partial charge on any atom is 0.279 e. The van der Waals surface area contributed by atoms with Crippen molar-refractivity contribution in [2.75, 3.05) is 26.3 Å². The first kappa shape index (κ1) is 27.1. The summed E-state index contributed by atoms with van der Waals surface area (Å²) >= 11 is 0.993. The number of hydrogen-bond acceptors (Lipinski definition) is 5. The number of hydrogen-bond donors (Lipinski definition) is 0. The molecular weight excluding hydrogens is 496 g/mol. The number of aromatic nitrogens is 1. The van der Waals surface area contributed by atoms with Gasteiger partial charge in [0.05, 0.1) is 21.7 Å². The van der Waals surface area contributed by atoms with Crippen molar-refractivity contribution in [3.63, 3.8) is 0 Å². The van der Waals surface area contributed by atoms with Crippen molar-refractivity contribution in [1.82, 2.24) is 8.87 Å². The minimum atomic E-state index is -3.67. The molecule has 0 saturated carbocycles. The Kier molecular flexibility index (Phi) is 9.28. The van der Waals surface area contributed by atoms with Gasteiger partial charge in [-0.25, -0.2) is 17.2 Å². The van der Waals surface area contributed by atoms with Gasteiger partial charge in [-0.2, -0.15) is 9.30 Å². The maximum atomic E-state index is 14.5.